The zero-order valence-electron chi connectivity index (χ0n) is 27.7. The molecule has 0 spiro atoms. The second-order valence-electron chi connectivity index (χ2n) is 14.9. The Morgan fingerprint density at radius 2 is 2.02 bits per heavy atom. The molecule has 3 aromatic rings. The van der Waals surface area contributed by atoms with Gasteiger partial charge in [0, 0.05) is 30.8 Å². The number of benzene rings is 2. The number of carbonyl (C=O) groups is 1. The second-order valence-corrected chi connectivity index (χ2v) is 14.9. The zero-order chi connectivity index (χ0) is 33.4. The second kappa shape index (κ2) is 11.4. The van der Waals surface area contributed by atoms with E-state index < -0.39 is 5.82 Å². The van der Waals surface area contributed by atoms with Crippen molar-refractivity contribution in [2.24, 2.45) is 5.41 Å². The van der Waals surface area contributed by atoms with Crippen LogP contribution in [0.4, 0.5) is 10.2 Å². The Bertz CT molecular complexity index is 1860. The minimum Gasteiger partial charge on any atom is -0.508 e. The lowest BCUT2D eigenvalue weighted by Gasteiger charge is -2.43. The number of hydrogen-bond donors (Lipinski definition) is 1. The number of ether oxygens (including phenoxy) is 2. The van der Waals surface area contributed by atoms with E-state index in [-0.39, 0.29) is 52.8 Å². The summed E-state index contributed by atoms with van der Waals surface area (Å²) in [6.07, 6.45) is 13.1. The molecule has 1 amide bonds. The molecule has 5 aliphatic rings. The Morgan fingerprint density at radius 1 is 1.23 bits per heavy atom. The minimum absolute atomic E-state index is 0.00994. The SMILES string of the molecule is C#Cc1c(F)ccc2cc(O)cc([C@H]3COc4c(nc(OCC56CCCN5CCC6)nc4N4C[C@H]5CC(C)(C)[C@@H](C4)N5C(=O)C=C)C3)c12. The van der Waals surface area contributed by atoms with Crippen LogP contribution in [-0.2, 0) is 11.2 Å². The Labute approximate surface area is 280 Å². The van der Waals surface area contributed by atoms with Crippen LogP contribution in [0.1, 0.15) is 68.7 Å². The Kier molecular flexibility index (Phi) is 7.33. The van der Waals surface area contributed by atoms with Gasteiger partial charge in [-0.25, -0.2) is 4.39 Å². The Hall–Kier alpha value is -4.36. The van der Waals surface area contributed by atoms with Gasteiger partial charge in [0.05, 0.1) is 35.5 Å². The van der Waals surface area contributed by atoms with Gasteiger partial charge in [0.25, 0.3) is 0 Å². The molecule has 1 N–H and O–H groups in total. The Balaban J connectivity index is 1.18. The molecular weight excluding hydrogens is 609 g/mol. The van der Waals surface area contributed by atoms with Crippen LogP contribution in [0.5, 0.6) is 17.5 Å². The van der Waals surface area contributed by atoms with Gasteiger partial charge in [0.15, 0.2) is 11.6 Å². The highest BCUT2D eigenvalue weighted by Crippen LogP contribution is 2.48. The molecule has 5 aliphatic heterocycles. The lowest BCUT2D eigenvalue weighted by Crippen LogP contribution is -2.57. The maximum Gasteiger partial charge on any atom is 0.318 e. The summed E-state index contributed by atoms with van der Waals surface area (Å²) >= 11 is 0. The summed E-state index contributed by atoms with van der Waals surface area (Å²) in [6, 6.07) is 6.54. The highest BCUT2D eigenvalue weighted by molar-refractivity contribution is 5.93. The lowest BCUT2D eigenvalue weighted by atomic mass is 9.84. The first-order chi connectivity index (χ1) is 23.1. The number of amides is 1. The van der Waals surface area contributed by atoms with E-state index in [4.69, 9.17) is 25.9 Å². The average Bonchev–Trinajstić information content (AvgIpc) is 3.70. The van der Waals surface area contributed by atoms with Gasteiger partial charge < -0.3 is 24.4 Å². The van der Waals surface area contributed by atoms with E-state index in [0.717, 1.165) is 32.4 Å². The molecule has 10 heteroatoms. The van der Waals surface area contributed by atoms with Crippen molar-refractivity contribution in [3.8, 4) is 29.9 Å². The number of phenolic OH excluding ortho intramolecular Hbond substituents is 1. The molecule has 8 rings (SSSR count). The van der Waals surface area contributed by atoms with Gasteiger partial charge in [-0.15, -0.1) is 6.42 Å². The van der Waals surface area contributed by atoms with Crippen LogP contribution in [-0.4, -0.2) is 87.8 Å². The maximum atomic E-state index is 14.9. The number of aromatic hydroxyl groups is 1. The summed E-state index contributed by atoms with van der Waals surface area (Å²) in [5, 5.41) is 11.9. The highest BCUT2D eigenvalue weighted by atomic mass is 19.1. The van der Waals surface area contributed by atoms with Crippen LogP contribution in [0.15, 0.2) is 36.9 Å². The fourth-order valence-electron chi connectivity index (χ4n) is 9.39. The summed E-state index contributed by atoms with van der Waals surface area (Å²) < 4.78 is 28.0. The molecule has 6 heterocycles. The van der Waals surface area contributed by atoms with E-state index in [0.29, 0.717) is 65.7 Å². The van der Waals surface area contributed by atoms with Crippen LogP contribution in [0.3, 0.4) is 0 Å². The van der Waals surface area contributed by atoms with E-state index >= 15 is 0 Å². The third kappa shape index (κ3) is 4.89. The van der Waals surface area contributed by atoms with Gasteiger partial charge in [-0.3, -0.25) is 9.69 Å². The number of carbonyl (C=O) groups excluding carboxylic acids is 1. The summed E-state index contributed by atoms with van der Waals surface area (Å²) in [4.78, 5) is 29.7. The van der Waals surface area contributed by atoms with Gasteiger partial charge in [-0.05, 0) is 85.8 Å². The number of piperazine rings is 1. The molecule has 3 atom stereocenters. The normalized spacial score (nSPS) is 25.3. The van der Waals surface area contributed by atoms with E-state index in [1.165, 1.54) is 25.0 Å². The van der Waals surface area contributed by atoms with Crippen molar-refractivity contribution in [2.75, 3.05) is 44.3 Å². The van der Waals surface area contributed by atoms with E-state index in [1.807, 2.05) is 4.90 Å². The van der Waals surface area contributed by atoms with Gasteiger partial charge in [0.1, 0.15) is 18.2 Å². The average molecular weight is 652 g/mol. The fraction of sp³-hybridized carbons (Fsp3) is 0.500. The summed E-state index contributed by atoms with van der Waals surface area (Å²) in [6.45, 7) is 12.4. The van der Waals surface area contributed by atoms with Crippen LogP contribution < -0.4 is 14.4 Å². The van der Waals surface area contributed by atoms with Crippen LogP contribution in [0, 0.1) is 23.6 Å². The number of terminal acetylenes is 1. The monoisotopic (exact) mass is 651 g/mol. The topological polar surface area (TPSA) is 91.3 Å². The zero-order valence-corrected chi connectivity index (χ0v) is 27.7. The number of rotatable bonds is 6. The molecule has 0 aliphatic carbocycles. The third-order valence-corrected chi connectivity index (χ3v) is 11.7. The van der Waals surface area contributed by atoms with Gasteiger partial charge in [-0.2, -0.15) is 9.97 Å². The summed E-state index contributed by atoms with van der Waals surface area (Å²) in [5.74, 6) is 3.11. The number of halogens is 1. The lowest BCUT2D eigenvalue weighted by molar-refractivity contribution is -0.130. The maximum absolute atomic E-state index is 14.9. The molecule has 4 fully saturated rings. The van der Waals surface area contributed by atoms with Crippen molar-refractivity contribution in [2.45, 2.75) is 75.9 Å². The standard InChI is InChI=1S/C38H42FN5O4/c1-5-27-29(39)10-9-23-15-26(45)17-28(33(23)27)24-16-30-34(47-21-24)35(41-36(40-30)48-22-38-11-7-13-43(38)14-8-12-38)42-19-25-18-37(3,4)31(20-42)44(25)32(46)6-2/h1,6,9-10,15,17,24-25,31,45H,2,7-8,11-14,16,18-22H2,3-4H3/t24-,25-,31-/m1/s1. The third-order valence-electron chi connectivity index (χ3n) is 11.7. The van der Waals surface area contributed by atoms with Gasteiger partial charge in [0.2, 0.25) is 5.91 Å². The number of fused-ring (bicyclic) bond motifs is 5. The largest absolute Gasteiger partial charge is 0.508 e. The first-order valence-corrected chi connectivity index (χ1v) is 17.1. The van der Waals surface area contributed by atoms with Gasteiger partial charge >= 0.3 is 6.01 Å². The molecular formula is C38H42FN5O4. The van der Waals surface area contributed by atoms with E-state index in [1.54, 1.807) is 18.2 Å². The molecule has 250 valence electrons. The molecule has 2 aromatic carbocycles. The molecule has 2 bridgehead atoms. The van der Waals surface area contributed by atoms with Crippen molar-refractivity contribution in [1.29, 1.82) is 0 Å². The van der Waals surface area contributed by atoms with E-state index in [9.17, 15) is 14.3 Å². The molecule has 1 aromatic heterocycles. The number of anilines is 1. The summed E-state index contributed by atoms with van der Waals surface area (Å²) in [5.41, 5.74) is 1.53. The van der Waals surface area contributed by atoms with Crippen molar-refractivity contribution in [3.63, 3.8) is 0 Å². The van der Waals surface area contributed by atoms with Crippen molar-refractivity contribution in [1.82, 2.24) is 19.8 Å². The molecule has 0 saturated carbocycles. The predicted molar refractivity (Wildman–Crippen MR) is 181 cm³/mol. The summed E-state index contributed by atoms with van der Waals surface area (Å²) in [7, 11) is 0. The van der Waals surface area contributed by atoms with Crippen LogP contribution in [0.2, 0.25) is 0 Å². The van der Waals surface area contributed by atoms with Crippen LogP contribution in [0.25, 0.3) is 10.8 Å². The number of aromatic nitrogens is 2. The minimum atomic E-state index is -0.478. The predicted octanol–water partition coefficient (Wildman–Crippen LogP) is 5.18. The van der Waals surface area contributed by atoms with Crippen molar-refractivity contribution >= 4 is 22.5 Å². The number of phenols is 1. The Morgan fingerprint density at radius 3 is 2.75 bits per heavy atom. The molecule has 0 radical (unpaired) electrons. The first-order valence-electron chi connectivity index (χ1n) is 17.1. The smallest absolute Gasteiger partial charge is 0.318 e. The molecule has 48 heavy (non-hydrogen) atoms. The van der Waals surface area contributed by atoms with Crippen molar-refractivity contribution < 1.29 is 23.8 Å². The quantitative estimate of drug-likeness (QED) is 0.288. The molecule has 9 nitrogen and oxygen atoms in total. The first kappa shape index (κ1) is 30.9. The molecule has 4 saturated heterocycles. The number of nitrogens with zero attached hydrogens (tertiary/aromatic N) is 5. The van der Waals surface area contributed by atoms with Crippen molar-refractivity contribution in [3.05, 3.63) is 59.6 Å². The highest BCUT2D eigenvalue weighted by Gasteiger charge is 2.53. The molecule has 0 unspecified atom stereocenters. The fourth-order valence-corrected chi connectivity index (χ4v) is 9.39. The van der Waals surface area contributed by atoms with E-state index in [2.05, 4.69) is 36.1 Å². The van der Waals surface area contributed by atoms with Gasteiger partial charge in [-0.1, -0.05) is 32.4 Å². The van der Waals surface area contributed by atoms with Crippen LogP contribution >= 0.6 is 0 Å². The number of hydrogen-bond acceptors (Lipinski definition) is 8.